The molecule has 0 radical (unpaired) electrons. The van der Waals surface area contributed by atoms with Crippen LogP contribution in [0, 0.1) is 5.41 Å². The highest BCUT2D eigenvalue weighted by molar-refractivity contribution is 5.93. The highest BCUT2D eigenvalue weighted by Gasteiger charge is 2.17. The number of ether oxygens (including phenoxy) is 1. The zero-order valence-electron chi connectivity index (χ0n) is 11.4. The van der Waals surface area contributed by atoms with Crippen molar-refractivity contribution in [3.05, 3.63) is 35.6 Å². The Balaban J connectivity index is 0.00000121. The van der Waals surface area contributed by atoms with E-state index >= 15 is 0 Å². The van der Waals surface area contributed by atoms with E-state index in [9.17, 15) is 4.79 Å². The molecule has 2 N–H and O–H groups in total. The minimum absolute atomic E-state index is 0.0845. The van der Waals surface area contributed by atoms with Crippen LogP contribution in [-0.2, 0) is 9.53 Å². The van der Waals surface area contributed by atoms with Crippen molar-refractivity contribution in [2.24, 2.45) is 11.1 Å². The average molecular weight is 237 g/mol. The van der Waals surface area contributed by atoms with Crippen molar-refractivity contribution in [3.63, 3.8) is 0 Å². The van der Waals surface area contributed by atoms with Crippen LogP contribution in [0.25, 0.3) is 0 Å². The van der Waals surface area contributed by atoms with Gasteiger partial charge in [-0.3, -0.25) is 0 Å². The van der Waals surface area contributed by atoms with Crippen molar-refractivity contribution in [3.8, 4) is 0 Å². The fourth-order valence-electron chi connectivity index (χ4n) is 1.24. The number of allylic oxidation sites excluding steroid dienone is 3. The van der Waals surface area contributed by atoms with Crippen LogP contribution >= 0.6 is 0 Å². The molecule has 0 unspecified atom stereocenters. The second-order valence-electron chi connectivity index (χ2n) is 4.08. The van der Waals surface area contributed by atoms with E-state index in [0.717, 1.165) is 0 Å². The number of carbonyl (C=O) groups is 1. The summed E-state index contributed by atoms with van der Waals surface area (Å²) in [7, 11) is 0. The van der Waals surface area contributed by atoms with E-state index in [1.807, 2.05) is 39.8 Å². The van der Waals surface area contributed by atoms with Crippen molar-refractivity contribution >= 4 is 5.97 Å². The molecule has 0 aromatic heterocycles. The second-order valence-corrected chi connectivity index (χ2v) is 4.08. The van der Waals surface area contributed by atoms with Gasteiger partial charge in [0.05, 0.1) is 12.2 Å². The first kappa shape index (κ1) is 15.5. The van der Waals surface area contributed by atoms with E-state index in [0.29, 0.717) is 17.9 Å². The fraction of sp³-hybridized carbons (Fsp3) is 0.500. The summed E-state index contributed by atoms with van der Waals surface area (Å²) >= 11 is 0. The summed E-state index contributed by atoms with van der Waals surface area (Å²) in [4.78, 5) is 11.5. The molecule has 0 spiro atoms. The SMILES string of the molecule is CC.CCOC(=O)C1=C(N)C=CC(C)(C)C=C1. The third kappa shape index (κ3) is 4.89. The van der Waals surface area contributed by atoms with Crippen LogP contribution in [0.3, 0.4) is 0 Å². The topological polar surface area (TPSA) is 52.3 Å². The Hall–Kier alpha value is -1.51. The average Bonchev–Trinajstić information content (AvgIpc) is 2.42. The predicted molar refractivity (Wildman–Crippen MR) is 71.3 cm³/mol. The molecule has 0 atom stereocenters. The molecule has 96 valence electrons. The Morgan fingerprint density at radius 2 is 1.82 bits per heavy atom. The Kier molecular flexibility index (Phi) is 6.33. The molecule has 0 amide bonds. The lowest BCUT2D eigenvalue weighted by Crippen LogP contribution is -2.11. The lowest BCUT2D eigenvalue weighted by atomic mass is 9.93. The van der Waals surface area contributed by atoms with Crippen LogP contribution in [-0.4, -0.2) is 12.6 Å². The van der Waals surface area contributed by atoms with E-state index < -0.39 is 0 Å². The number of hydrogen-bond donors (Lipinski definition) is 1. The van der Waals surface area contributed by atoms with Gasteiger partial charge in [-0.15, -0.1) is 0 Å². The van der Waals surface area contributed by atoms with Gasteiger partial charge in [-0.2, -0.15) is 0 Å². The summed E-state index contributed by atoms with van der Waals surface area (Å²) < 4.78 is 4.91. The molecule has 0 aromatic rings. The molecule has 3 nitrogen and oxygen atoms in total. The molecule has 0 bridgehead atoms. The molecule has 17 heavy (non-hydrogen) atoms. The predicted octanol–water partition coefficient (Wildman–Crippen LogP) is 2.94. The minimum Gasteiger partial charge on any atom is -0.462 e. The first-order valence-corrected chi connectivity index (χ1v) is 6.01. The van der Waals surface area contributed by atoms with Gasteiger partial charge in [-0.05, 0) is 19.1 Å². The van der Waals surface area contributed by atoms with Crippen LogP contribution in [0.1, 0.15) is 34.6 Å². The molecule has 1 aliphatic carbocycles. The van der Waals surface area contributed by atoms with Crippen molar-refractivity contribution in [1.82, 2.24) is 0 Å². The van der Waals surface area contributed by atoms with Crippen LogP contribution in [0.4, 0.5) is 0 Å². The lowest BCUT2D eigenvalue weighted by Gasteiger charge is -2.12. The highest BCUT2D eigenvalue weighted by atomic mass is 16.5. The van der Waals surface area contributed by atoms with E-state index in [2.05, 4.69) is 0 Å². The molecule has 0 aliphatic heterocycles. The summed E-state index contributed by atoms with van der Waals surface area (Å²) in [5, 5.41) is 0. The summed E-state index contributed by atoms with van der Waals surface area (Å²) in [6, 6.07) is 0. The van der Waals surface area contributed by atoms with Gasteiger partial charge in [0.1, 0.15) is 0 Å². The summed E-state index contributed by atoms with van der Waals surface area (Å²) in [6.07, 6.45) is 7.39. The van der Waals surface area contributed by atoms with Crippen LogP contribution < -0.4 is 5.73 Å². The second kappa shape index (κ2) is 6.94. The Bertz CT molecular complexity index is 349. The Morgan fingerprint density at radius 1 is 1.29 bits per heavy atom. The number of hydrogen-bond acceptors (Lipinski definition) is 3. The third-order valence-electron chi connectivity index (χ3n) is 2.18. The first-order chi connectivity index (χ1) is 7.96. The molecule has 0 heterocycles. The van der Waals surface area contributed by atoms with Crippen molar-refractivity contribution in [1.29, 1.82) is 0 Å². The van der Waals surface area contributed by atoms with Gasteiger partial charge in [0.25, 0.3) is 0 Å². The van der Waals surface area contributed by atoms with Crippen LogP contribution in [0.15, 0.2) is 35.6 Å². The van der Waals surface area contributed by atoms with Gasteiger partial charge in [0.15, 0.2) is 0 Å². The largest absolute Gasteiger partial charge is 0.462 e. The third-order valence-corrected chi connectivity index (χ3v) is 2.18. The molecule has 0 aromatic carbocycles. The zero-order valence-corrected chi connectivity index (χ0v) is 11.4. The smallest absolute Gasteiger partial charge is 0.340 e. The number of esters is 1. The van der Waals surface area contributed by atoms with Crippen molar-refractivity contribution < 1.29 is 9.53 Å². The summed E-state index contributed by atoms with van der Waals surface area (Å²) in [6.45, 7) is 10.2. The number of carbonyl (C=O) groups excluding carboxylic acids is 1. The summed E-state index contributed by atoms with van der Waals surface area (Å²) in [5.41, 5.74) is 6.57. The number of nitrogens with two attached hydrogens (primary N) is 1. The zero-order chi connectivity index (χ0) is 13.5. The first-order valence-electron chi connectivity index (χ1n) is 6.01. The van der Waals surface area contributed by atoms with E-state index in [-0.39, 0.29) is 11.4 Å². The molecular formula is C14H23NO2. The van der Waals surface area contributed by atoms with Gasteiger partial charge in [0.2, 0.25) is 0 Å². The van der Waals surface area contributed by atoms with Crippen LogP contribution in [0.5, 0.6) is 0 Å². The fourth-order valence-corrected chi connectivity index (χ4v) is 1.24. The molecule has 3 heteroatoms. The molecular weight excluding hydrogens is 214 g/mol. The summed E-state index contributed by atoms with van der Waals surface area (Å²) in [5.74, 6) is -0.367. The maximum atomic E-state index is 11.5. The minimum atomic E-state index is -0.367. The standard InChI is InChI=1S/C12H17NO2.C2H6/c1-4-15-11(14)9-5-7-12(2,3)8-6-10(9)13;1-2/h5-8H,4,13H2,1-3H3;1-2H3. The maximum Gasteiger partial charge on any atom is 0.340 e. The van der Waals surface area contributed by atoms with Gasteiger partial charge >= 0.3 is 5.97 Å². The monoisotopic (exact) mass is 237 g/mol. The number of rotatable bonds is 2. The normalized spacial score (nSPS) is 17.0. The maximum absolute atomic E-state index is 11.5. The molecule has 0 saturated carbocycles. The molecule has 1 aliphatic rings. The van der Waals surface area contributed by atoms with Crippen molar-refractivity contribution in [2.45, 2.75) is 34.6 Å². The van der Waals surface area contributed by atoms with Gasteiger partial charge in [-0.25, -0.2) is 4.79 Å². The molecule has 1 rings (SSSR count). The van der Waals surface area contributed by atoms with E-state index in [1.54, 1.807) is 19.1 Å². The van der Waals surface area contributed by atoms with E-state index in [4.69, 9.17) is 10.5 Å². The van der Waals surface area contributed by atoms with Crippen LogP contribution in [0.2, 0.25) is 0 Å². The van der Waals surface area contributed by atoms with Gasteiger partial charge in [0, 0.05) is 11.1 Å². The van der Waals surface area contributed by atoms with E-state index in [1.165, 1.54) is 0 Å². The Labute approximate surface area is 104 Å². The van der Waals surface area contributed by atoms with Crippen molar-refractivity contribution in [2.75, 3.05) is 6.61 Å². The van der Waals surface area contributed by atoms with Gasteiger partial charge in [-0.1, -0.05) is 39.8 Å². The molecule has 0 fully saturated rings. The molecule has 0 saturated heterocycles. The lowest BCUT2D eigenvalue weighted by molar-refractivity contribution is -0.138. The Morgan fingerprint density at radius 3 is 2.35 bits per heavy atom. The quantitative estimate of drug-likeness (QED) is 0.751. The highest BCUT2D eigenvalue weighted by Crippen LogP contribution is 2.24. The van der Waals surface area contributed by atoms with Gasteiger partial charge < -0.3 is 10.5 Å².